The average molecular weight is 262 g/mol. The van der Waals surface area contributed by atoms with Crippen LogP contribution >= 0.6 is 11.8 Å². The van der Waals surface area contributed by atoms with Crippen LogP contribution in [-0.4, -0.2) is 24.5 Å². The summed E-state index contributed by atoms with van der Waals surface area (Å²) < 4.78 is 5.54. The number of ether oxygens (including phenoxy) is 1. The Morgan fingerprint density at radius 1 is 1.44 bits per heavy atom. The number of nitrogens with zero attached hydrogens (tertiary/aromatic N) is 1. The minimum Gasteiger partial charge on any atom is -0.493 e. The monoisotopic (exact) mass is 262 g/mol. The number of benzene rings is 1. The molecule has 5 heteroatoms. The second-order valence-electron chi connectivity index (χ2n) is 4.27. The van der Waals surface area contributed by atoms with Gasteiger partial charge in [0.15, 0.2) is 0 Å². The molecule has 1 aliphatic rings. The first kappa shape index (κ1) is 11.5. The number of hydrogen-bond acceptors (Lipinski definition) is 4. The van der Waals surface area contributed by atoms with Gasteiger partial charge in [-0.3, -0.25) is 4.79 Å². The lowest BCUT2D eigenvalue weighted by Gasteiger charge is -2.12. The number of hydrogen-bond donors (Lipinski definition) is 1. The molecule has 1 aromatic heterocycles. The van der Waals surface area contributed by atoms with Gasteiger partial charge < -0.3 is 14.6 Å². The van der Waals surface area contributed by atoms with Crippen LogP contribution in [0.4, 0.5) is 5.69 Å². The predicted molar refractivity (Wildman–Crippen MR) is 74.9 cm³/mol. The number of thioether (sulfide) groups is 1. The third kappa shape index (κ3) is 1.75. The quantitative estimate of drug-likeness (QED) is 0.903. The summed E-state index contributed by atoms with van der Waals surface area (Å²) in [5.74, 6) is 1.61. The summed E-state index contributed by atoms with van der Waals surface area (Å²) in [6.45, 7) is 2.48. The van der Waals surface area contributed by atoms with Gasteiger partial charge in [-0.2, -0.15) is 0 Å². The summed E-state index contributed by atoms with van der Waals surface area (Å²) in [6, 6.07) is 5.63. The minimum absolute atomic E-state index is 0.126. The van der Waals surface area contributed by atoms with E-state index in [0.717, 1.165) is 22.5 Å². The maximum absolute atomic E-state index is 11.6. The van der Waals surface area contributed by atoms with E-state index >= 15 is 0 Å². The van der Waals surface area contributed by atoms with Crippen molar-refractivity contribution in [1.82, 2.24) is 4.98 Å². The van der Waals surface area contributed by atoms with Crippen LogP contribution in [0, 0.1) is 0 Å². The van der Waals surface area contributed by atoms with E-state index < -0.39 is 0 Å². The van der Waals surface area contributed by atoms with Gasteiger partial charge >= 0.3 is 0 Å². The van der Waals surface area contributed by atoms with Crippen molar-refractivity contribution in [2.24, 2.45) is 0 Å². The van der Waals surface area contributed by atoms with Crippen LogP contribution in [0.5, 0.6) is 5.75 Å². The molecule has 2 heterocycles. The highest BCUT2D eigenvalue weighted by atomic mass is 32.2. The summed E-state index contributed by atoms with van der Waals surface area (Å²) in [5, 5.41) is 0.970. The summed E-state index contributed by atoms with van der Waals surface area (Å²) in [4.78, 5) is 17.9. The van der Waals surface area contributed by atoms with Crippen molar-refractivity contribution in [1.29, 1.82) is 0 Å². The molecular formula is C13H14N2O2S. The molecule has 3 rings (SSSR count). The molecule has 2 aromatic rings. The molecule has 0 aliphatic carbocycles. The summed E-state index contributed by atoms with van der Waals surface area (Å²) in [6.07, 6.45) is 0. The minimum atomic E-state index is -0.126. The Hall–Kier alpha value is -1.62. The molecule has 0 spiro atoms. The second kappa shape index (κ2) is 4.24. The number of pyridine rings is 1. The van der Waals surface area contributed by atoms with Crippen LogP contribution in [0.15, 0.2) is 27.9 Å². The molecule has 0 atom stereocenters. The van der Waals surface area contributed by atoms with Gasteiger partial charge in [0.2, 0.25) is 0 Å². The lowest BCUT2D eigenvalue weighted by atomic mass is 10.1. The van der Waals surface area contributed by atoms with E-state index in [0.29, 0.717) is 12.4 Å². The van der Waals surface area contributed by atoms with Gasteiger partial charge in [-0.15, -0.1) is 11.8 Å². The van der Waals surface area contributed by atoms with Gasteiger partial charge in [-0.1, -0.05) is 0 Å². The molecule has 94 valence electrons. The van der Waals surface area contributed by atoms with E-state index in [9.17, 15) is 4.79 Å². The van der Waals surface area contributed by atoms with Crippen molar-refractivity contribution < 1.29 is 4.74 Å². The Morgan fingerprint density at radius 3 is 3.06 bits per heavy atom. The van der Waals surface area contributed by atoms with Crippen molar-refractivity contribution in [2.75, 3.05) is 24.4 Å². The Balaban J connectivity index is 2.29. The Morgan fingerprint density at radius 2 is 2.28 bits per heavy atom. The molecule has 0 bridgehead atoms. The summed E-state index contributed by atoms with van der Waals surface area (Å²) >= 11 is 1.80. The van der Waals surface area contributed by atoms with Gasteiger partial charge in [0, 0.05) is 23.4 Å². The molecule has 0 unspecified atom stereocenters. The third-order valence-corrected chi connectivity index (χ3v) is 4.16. The first-order valence-electron chi connectivity index (χ1n) is 5.87. The Kier molecular flexibility index (Phi) is 2.70. The lowest BCUT2D eigenvalue weighted by Crippen LogP contribution is -2.11. The van der Waals surface area contributed by atoms with Crippen molar-refractivity contribution >= 4 is 28.4 Å². The van der Waals surface area contributed by atoms with E-state index in [1.165, 1.54) is 11.0 Å². The van der Waals surface area contributed by atoms with E-state index in [2.05, 4.69) is 23.0 Å². The van der Waals surface area contributed by atoms with Gasteiger partial charge in [0.25, 0.3) is 5.56 Å². The third-order valence-electron chi connectivity index (χ3n) is 3.01. The fraction of sp³-hybridized carbons (Fsp3) is 0.308. The number of aromatic amines is 1. The zero-order valence-electron chi connectivity index (χ0n) is 10.3. The van der Waals surface area contributed by atoms with Crippen molar-refractivity contribution in [2.45, 2.75) is 11.8 Å². The second-order valence-corrected chi connectivity index (χ2v) is 5.25. The predicted octanol–water partition coefficient (Wildman–Crippen LogP) is 2.43. The maximum Gasteiger partial charge on any atom is 0.252 e. The fourth-order valence-corrected chi connectivity index (χ4v) is 3.20. The molecule has 1 aromatic carbocycles. The van der Waals surface area contributed by atoms with Crippen molar-refractivity contribution in [3.8, 4) is 5.75 Å². The molecule has 1 aliphatic heterocycles. The molecular weight excluding hydrogens is 248 g/mol. The van der Waals surface area contributed by atoms with Gasteiger partial charge in [-0.25, -0.2) is 0 Å². The Labute approximate surface area is 109 Å². The molecule has 1 N–H and O–H groups in total. The Bertz CT molecular complexity index is 666. The van der Waals surface area contributed by atoms with Crippen LogP contribution in [0.3, 0.4) is 0 Å². The van der Waals surface area contributed by atoms with E-state index in [1.54, 1.807) is 11.8 Å². The van der Waals surface area contributed by atoms with E-state index in [1.807, 2.05) is 13.0 Å². The van der Waals surface area contributed by atoms with Crippen molar-refractivity contribution in [3.63, 3.8) is 0 Å². The van der Waals surface area contributed by atoms with Gasteiger partial charge in [-0.05, 0) is 19.1 Å². The highest BCUT2D eigenvalue weighted by Gasteiger charge is 2.18. The molecule has 0 fully saturated rings. The number of aromatic nitrogens is 1. The van der Waals surface area contributed by atoms with Crippen LogP contribution in [-0.2, 0) is 0 Å². The average Bonchev–Trinajstić information content (AvgIpc) is 2.69. The SMILES string of the molecule is CCOc1cc(=O)[nH]c2cc3c(cc12)SCN3C. The zero-order valence-corrected chi connectivity index (χ0v) is 11.1. The normalized spacial score (nSPS) is 14.0. The number of anilines is 1. The largest absolute Gasteiger partial charge is 0.493 e. The first-order valence-corrected chi connectivity index (χ1v) is 6.85. The fourth-order valence-electron chi connectivity index (χ4n) is 2.17. The summed E-state index contributed by atoms with van der Waals surface area (Å²) in [5.41, 5.74) is 1.87. The number of H-pyrrole nitrogens is 1. The molecule has 0 saturated heterocycles. The van der Waals surface area contributed by atoms with Gasteiger partial charge in [0.1, 0.15) is 5.75 Å². The lowest BCUT2D eigenvalue weighted by molar-refractivity contribution is 0.343. The molecule has 0 saturated carbocycles. The van der Waals surface area contributed by atoms with E-state index in [4.69, 9.17) is 4.74 Å². The maximum atomic E-state index is 11.6. The highest BCUT2D eigenvalue weighted by molar-refractivity contribution is 7.99. The highest BCUT2D eigenvalue weighted by Crippen LogP contribution is 2.41. The van der Waals surface area contributed by atoms with Crippen LogP contribution in [0.25, 0.3) is 10.9 Å². The number of fused-ring (bicyclic) bond motifs is 2. The first-order chi connectivity index (χ1) is 8.69. The molecule has 4 nitrogen and oxygen atoms in total. The molecule has 0 radical (unpaired) electrons. The molecule has 0 amide bonds. The smallest absolute Gasteiger partial charge is 0.252 e. The van der Waals surface area contributed by atoms with Crippen molar-refractivity contribution in [3.05, 3.63) is 28.6 Å². The number of nitrogens with one attached hydrogen (secondary N) is 1. The van der Waals surface area contributed by atoms with Crippen LogP contribution < -0.4 is 15.2 Å². The van der Waals surface area contributed by atoms with Crippen LogP contribution in [0.1, 0.15) is 6.92 Å². The summed E-state index contributed by atoms with van der Waals surface area (Å²) in [7, 11) is 2.05. The molecule has 18 heavy (non-hydrogen) atoms. The zero-order chi connectivity index (χ0) is 12.7. The standard InChI is InChI=1S/C13H14N2O2S/c1-3-17-11-6-13(16)14-9-5-10-12(4-8(9)11)18-7-15(10)2/h4-6H,3,7H2,1-2H3,(H,14,16). The van der Waals surface area contributed by atoms with E-state index in [-0.39, 0.29) is 5.56 Å². The van der Waals surface area contributed by atoms with Gasteiger partial charge in [0.05, 0.1) is 23.7 Å². The number of rotatable bonds is 2. The topological polar surface area (TPSA) is 45.3 Å². The van der Waals surface area contributed by atoms with Crippen LogP contribution in [0.2, 0.25) is 0 Å².